The molecule has 1 amide bonds. The van der Waals surface area contributed by atoms with Gasteiger partial charge in [0.2, 0.25) is 0 Å². The fraction of sp³-hybridized carbons (Fsp3) is 0.500. The topological polar surface area (TPSA) is 69.0 Å². The molecule has 0 radical (unpaired) electrons. The lowest BCUT2D eigenvalue weighted by molar-refractivity contribution is 0.0344. The Labute approximate surface area is 152 Å². The monoisotopic (exact) mass is 362 g/mol. The Morgan fingerprint density at radius 3 is 2.68 bits per heavy atom. The maximum atomic E-state index is 12.8. The van der Waals surface area contributed by atoms with Crippen LogP contribution in [-0.2, 0) is 4.74 Å². The number of carbonyl (C=O) groups excluding carboxylic acids is 1. The Bertz CT molecular complexity index is 781. The van der Waals surface area contributed by atoms with Gasteiger partial charge in [-0.3, -0.25) is 4.79 Å². The SMILES string of the molecule is CCC1(NC(=O)c2nc(-n3nc(C)cc3C)ccc2Cl)CCOCC1. The van der Waals surface area contributed by atoms with Crippen molar-refractivity contribution in [1.82, 2.24) is 20.1 Å². The van der Waals surface area contributed by atoms with E-state index < -0.39 is 0 Å². The third kappa shape index (κ3) is 3.70. The molecule has 0 saturated carbocycles. The molecule has 3 heterocycles. The van der Waals surface area contributed by atoms with E-state index in [-0.39, 0.29) is 17.1 Å². The van der Waals surface area contributed by atoms with Crippen LogP contribution >= 0.6 is 11.6 Å². The summed E-state index contributed by atoms with van der Waals surface area (Å²) >= 11 is 6.25. The van der Waals surface area contributed by atoms with Gasteiger partial charge in [0.1, 0.15) is 5.69 Å². The van der Waals surface area contributed by atoms with Crippen molar-refractivity contribution in [3.63, 3.8) is 0 Å². The van der Waals surface area contributed by atoms with Crippen molar-refractivity contribution < 1.29 is 9.53 Å². The summed E-state index contributed by atoms with van der Waals surface area (Å²) in [5.41, 5.74) is 1.82. The zero-order chi connectivity index (χ0) is 18.0. The smallest absolute Gasteiger partial charge is 0.271 e. The summed E-state index contributed by atoms with van der Waals surface area (Å²) in [4.78, 5) is 17.3. The number of ether oxygens (including phenoxy) is 1. The minimum atomic E-state index is -0.255. The van der Waals surface area contributed by atoms with Crippen LogP contribution in [0.1, 0.15) is 48.1 Å². The number of hydrogen-bond donors (Lipinski definition) is 1. The number of rotatable bonds is 4. The molecule has 0 bridgehead atoms. The maximum Gasteiger partial charge on any atom is 0.271 e. The van der Waals surface area contributed by atoms with E-state index in [1.54, 1.807) is 16.8 Å². The Balaban J connectivity index is 1.89. The van der Waals surface area contributed by atoms with E-state index in [0.717, 1.165) is 30.7 Å². The fourth-order valence-corrected chi connectivity index (χ4v) is 3.39. The quantitative estimate of drug-likeness (QED) is 0.906. The van der Waals surface area contributed by atoms with Crippen molar-refractivity contribution in [2.45, 2.75) is 45.6 Å². The molecule has 25 heavy (non-hydrogen) atoms. The van der Waals surface area contributed by atoms with Crippen LogP contribution in [0.3, 0.4) is 0 Å². The van der Waals surface area contributed by atoms with Gasteiger partial charge in [-0.2, -0.15) is 5.10 Å². The first-order valence-electron chi connectivity index (χ1n) is 8.54. The molecule has 7 heteroatoms. The van der Waals surface area contributed by atoms with Crippen LogP contribution in [0.4, 0.5) is 0 Å². The van der Waals surface area contributed by atoms with Crippen molar-refractivity contribution in [1.29, 1.82) is 0 Å². The van der Waals surface area contributed by atoms with Crippen molar-refractivity contribution >= 4 is 17.5 Å². The Hall–Kier alpha value is -1.92. The first kappa shape index (κ1) is 17.9. The van der Waals surface area contributed by atoms with Crippen LogP contribution in [0.15, 0.2) is 18.2 Å². The van der Waals surface area contributed by atoms with Crippen LogP contribution in [0.25, 0.3) is 5.82 Å². The van der Waals surface area contributed by atoms with Crippen molar-refractivity contribution in [3.05, 3.63) is 40.3 Å². The number of halogens is 1. The number of hydrogen-bond acceptors (Lipinski definition) is 4. The molecule has 1 fully saturated rings. The lowest BCUT2D eigenvalue weighted by atomic mass is 9.87. The van der Waals surface area contributed by atoms with E-state index in [2.05, 4.69) is 22.3 Å². The lowest BCUT2D eigenvalue weighted by Crippen LogP contribution is -2.51. The minimum Gasteiger partial charge on any atom is -0.381 e. The van der Waals surface area contributed by atoms with E-state index in [4.69, 9.17) is 16.3 Å². The molecule has 0 atom stereocenters. The molecular weight excluding hydrogens is 340 g/mol. The van der Waals surface area contributed by atoms with Crippen molar-refractivity contribution in [3.8, 4) is 5.82 Å². The highest BCUT2D eigenvalue weighted by molar-refractivity contribution is 6.33. The highest BCUT2D eigenvalue weighted by Gasteiger charge is 2.33. The van der Waals surface area contributed by atoms with E-state index in [0.29, 0.717) is 24.1 Å². The van der Waals surface area contributed by atoms with Gasteiger partial charge in [-0.1, -0.05) is 18.5 Å². The number of amides is 1. The molecule has 1 aliphatic heterocycles. The summed E-state index contributed by atoms with van der Waals surface area (Å²) in [6.07, 6.45) is 2.44. The van der Waals surface area contributed by atoms with Crippen LogP contribution in [0.5, 0.6) is 0 Å². The highest BCUT2D eigenvalue weighted by Crippen LogP contribution is 2.26. The fourth-order valence-electron chi connectivity index (χ4n) is 3.20. The van der Waals surface area contributed by atoms with Gasteiger partial charge in [0, 0.05) is 24.4 Å². The predicted molar refractivity (Wildman–Crippen MR) is 96.4 cm³/mol. The summed E-state index contributed by atoms with van der Waals surface area (Å²) in [5, 5.41) is 7.90. The molecule has 1 N–H and O–H groups in total. The summed E-state index contributed by atoms with van der Waals surface area (Å²) < 4.78 is 7.14. The molecule has 134 valence electrons. The van der Waals surface area contributed by atoms with Crippen LogP contribution in [0, 0.1) is 13.8 Å². The van der Waals surface area contributed by atoms with Crippen molar-refractivity contribution in [2.24, 2.45) is 0 Å². The molecule has 1 saturated heterocycles. The molecule has 1 aliphatic rings. The zero-order valence-electron chi connectivity index (χ0n) is 14.8. The number of pyridine rings is 1. The van der Waals surface area contributed by atoms with Crippen LogP contribution < -0.4 is 5.32 Å². The lowest BCUT2D eigenvalue weighted by Gasteiger charge is -2.37. The molecule has 0 aromatic carbocycles. The average Bonchev–Trinajstić information content (AvgIpc) is 2.94. The van der Waals surface area contributed by atoms with E-state index >= 15 is 0 Å². The van der Waals surface area contributed by atoms with E-state index in [1.807, 2.05) is 19.9 Å². The van der Waals surface area contributed by atoms with Gasteiger partial charge >= 0.3 is 0 Å². The van der Waals surface area contributed by atoms with Gasteiger partial charge in [-0.05, 0) is 51.3 Å². The van der Waals surface area contributed by atoms with E-state index in [9.17, 15) is 4.79 Å². The predicted octanol–water partition coefficient (Wildman–Crippen LogP) is 3.23. The van der Waals surface area contributed by atoms with Gasteiger partial charge < -0.3 is 10.1 Å². The zero-order valence-corrected chi connectivity index (χ0v) is 15.6. The molecule has 3 rings (SSSR count). The average molecular weight is 363 g/mol. The number of nitrogens with zero attached hydrogens (tertiary/aromatic N) is 3. The largest absolute Gasteiger partial charge is 0.381 e. The molecular formula is C18H23ClN4O2. The first-order chi connectivity index (χ1) is 11.9. The minimum absolute atomic E-state index is 0.228. The summed E-state index contributed by atoms with van der Waals surface area (Å²) in [7, 11) is 0. The van der Waals surface area contributed by atoms with Gasteiger partial charge in [0.05, 0.1) is 10.7 Å². The number of aromatic nitrogens is 3. The Morgan fingerprint density at radius 2 is 2.08 bits per heavy atom. The van der Waals surface area contributed by atoms with Gasteiger partial charge in [0.25, 0.3) is 5.91 Å². The van der Waals surface area contributed by atoms with Crippen LogP contribution in [0.2, 0.25) is 5.02 Å². The second kappa shape index (κ2) is 7.14. The highest BCUT2D eigenvalue weighted by atomic mass is 35.5. The molecule has 6 nitrogen and oxygen atoms in total. The third-order valence-corrected chi connectivity index (χ3v) is 5.08. The van der Waals surface area contributed by atoms with Crippen molar-refractivity contribution in [2.75, 3.05) is 13.2 Å². The second-order valence-corrected chi connectivity index (χ2v) is 6.95. The molecule has 0 aliphatic carbocycles. The molecule has 2 aromatic rings. The second-order valence-electron chi connectivity index (χ2n) is 6.54. The molecule has 0 spiro atoms. The normalized spacial score (nSPS) is 16.6. The summed E-state index contributed by atoms with van der Waals surface area (Å²) in [5.74, 6) is 0.329. The third-order valence-electron chi connectivity index (χ3n) is 4.78. The van der Waals surface area contributed by atoms with Gasteiger partial charge in [0.15, 0.2) is 5.82 Å². The Kier molecular flexibility index (Phi) is 5.11. The standard InChI is InChI=1S/C18H23ClN4O2/c1-4-18(7-9-25-10-8-18)21-17(24)16-14(19)5-6-15(20-16)23-13(3)11-12(2)22-23/h5-6,11H,4,7-10H2,1-3H3,(H,21,24). The number of carbonyl (C=O) groups is 1. The molecule has 2 aromatic heterocycles. The maximum absolute atomic E-state index is 12.8. The van der Waals surface area contributed by atoms with E-state index in [1.165, 1.54) is 0 Å². The van der Waals surface area contributed by atoms with Gasteiger partial charge in [-0.15, -0.1) is 0 Å². The number of aryl methyl sites for hydroxylation is 2. The van der Waals surface area contributed by atoms with Gasteiger partial charge in [-0.25, -0.2) is 9.67 Å². The summed E-state index contributed by atoms with van der Waals surface area (Å²) in [6.45, 7) is 7.25. The Morgan fingerprint density at radius 1 is 1.36 bits per heavy atom. The number of nitrogens with one attached hydrogen (secondary N) is 1. The molecule has 0 unspecified atom stereocenters. The summed E-state index contributed by atoms with van der Waals surface area (Å²) in [6, 6.07) is 5.42. The van der Waals surface area contributed by atoms with Crippen LogP contribution in [-0.4, -0.2) is 39.4 Å². The first-order valence-corrected chi connectivity index (χ1v) is 8.92.